The number of likely N-dealkylation sites (tertiary alicyclic amines) is 1. The highest BCUT2D eigenvalue weighted by molar-refractivity contribution is 14.0. The Morgan fingerprint density at radius 2 is 1.81 bits per heavy atom. The second kappa shape index (κ2) is 10.3. The van der Waals surface area contributed by atoms with Gasteiger partial charge in [-0.15, -0.1) is 24.0 Å². The van der Waals surface area contributed by atoms with Gasteiger partial charge >= 0.3 is 0 Å². The fourth-order valence-corrected chi connectivity index (χ4v) is 3.86. The SMILES string of the molecule is CN=C(NCc1ccn(C)c1)N1CCN(C(C)C(=O)N2CCCC2)CC1.I. The summed E-state index contributed by atoms with van der Waals surface area (Å²) in [6, 6.07) is 2.10. The summed E-state index contributed by atoms with van der Waals surface area (Å²) in [5.74, 6) is 1.23. The maximum atomic E-state index is 12.6. The number of nitrogens with zero attached hydrogens (tertiary/aromatic N) is 5. The number of halogens is 1. The molecule has 0 aliphatic carbocycles. The minimum absolute atomic E-state index is 0. The number of piperazine rings is 1. The van der Waals surface area contributed by atoms with Gasteiger partial charge in [-0.05, 0) is 31.4 Å². The molecule has 0 bridgehead atoms. The van der Waals surface area contributed by atoms with E-state index in [0.29, 0.717) is 5.91 Å². The first kappa shape index (κ1) is 22.0. The highest BCUT2D eigenvalue weighted by atomic mass is 127. The molecule has 1 aromatic rings. The molecule has 2 saturated heterocycles. The summed E-state index contributed by atoms with van der Waals surface area (Å²) in [4.78, 5) is 23.7. The molecule has 1 N–H and O–H groups in total. The molecule has 0 saturated carbocycles. The van der Waals surface area contributed by atoms with Crippen molar-refractivity contribution in [3.05, 3.63) is 24.0 Å². The Labute approximate surface area is 179 Å². The fourth-order valence-electron chi connectivity index (χ4n) is 3.86. The molecule has 2 aliphatic heterocycles. The lowest BCUT2D eigenvalue weighted by molar-refractivity contribution is -0.135. The van der Waals surface area contributed by atoms with Crippen LogP contribution in [-0.2, 0) is 18.4 Å². The van der Waals surface area contributed by atoms with Gasteiger partial charge in [-0.1, -0.05) is 0 Å². The van der Waals surface area contributed by atoms with Gasteiger partial charge in [0, 0.05) is 72.3 Å². The van der Waals surface area contributed by atoms with E-state index in [9.17, 15) is 4.79 Å². The fraction of sp³-hybridized carbons (Fsp3) is 0.684. The topological polar surface area (TPSA) is 56.1 Å². The molecular formula is C19H33IN6O. The molecule has 3 heterocycles. The average molecular weight is 488 g/mol. The molecule has 1 unspecified atom stereocenters. The highest BCUT2D eigenvalue weighted by Crippen LogP contribution is 2.14. The summed E-state index contributed by atoms with van der Waals surface area (Å²) < 4.78 is 2.05. The van der Waals surface area contributed by atoms with Crippen molar-refractivity contribution >= 4 is 35.8 Å². The largest absolute Gasteiger partial charge is 0.357 e. The lowest BCUT2D eigenvalue weighted by Gasteiger charge is -2.39. The molecule has 8 heteroatoms. The van der Waals surface area contributed by atoms with Crippen LogP contribution in [0.25, 0.3) is 0 Å². The number of aromatic nitrogens is 1. The number of hydrogen-bond donors (Lipinski definition) is 1. The van der Waals surface area contributed by atoms with Gasteiger partial charge in [0.05, 0.1) is 6.04 Å². The zero-order valence-electron chi connectivity index (χ0n) is 16.7. The lowest BCUT2D eigenvalue weighted by Crippen LogP contribution is -2.57. The number of nitrogens with one attached hydrogen (secondary N) is 1. The number of rotatable bonds is 4. The zero-order valence-corrected chi connectivity index (χ0v) is 19.1. The Balaban J connectivity index is 0.00000261. The summed E-state index contributed by atoms with van der Waals surface area (Å²) in [5, 5.41) is 3.45. The molecule has 0 radical (unpaired) electrons. The maximum absolute atomic E-state index is 12.6. The number of guanidine groups is 1. The van der Waals surface area contributed by atoms with E-state index < -0.39 is 0 Å². The van der Waals surface area contributed by atoms with Gasteiger partial charge in [0.1, 0.15) is 0 Å². The molecular weight excluding hydrogens is 455 g/mol. The normalized spacial score (nSPS) is 19.7. The van der Waals surface area contributed by atoms with Crippen molar-refractivity contribution in [1.82, 2.24) is 24.6 Å². The minimum Gasteiger partial charge on any atom is -0.357 e. The molecule has 1 atom stereocenters. The molecule has 3 rings (SSSR count). The second-order valence-corrected chi connectivity index (χ2v) is 7.32. The standard InChI is InChI=1S/C19H32N6O.HI/c1-16(18(26)24-7-4-5-8-24)23-10-12-25(13-11-23)19(20-2)21-14-17-6-9-22(3)15-17;/h6,9,15-16H,4-5,7-8,10-14H2,1-3H3,(H,20,21);1H. The van der Waals surface area contributed by atoms with E-state index >= 15 is 0 Å². The third-order valence-corrected chi connectivity index (χ3v) is 5.49. The molecule has 1 aromatic heterocycles. The van der Waals surface area contributed by atoms with Crippen molar-refractivity contribution < 1.29 is 4.79 Å². The van der Waals surface area contributed by atoms with Crippen LogP contribution < -0.4 is 5.32 Å². The van der Waals surface area contributed by atoms with Crippen molar-refractivity contribution in [3.63, 3.8) is 0 Å². The van der Waals surface area contributed by atoms with Crippen LogP contribution in [-0.4, -0.2) is 83.5 Å². The number of amides is 1. The Hall–Kier alpha value is -1.29. The van der Waals surface area contributed by atoms with Crippen molar-refractivity contribution in [1.29, 1.82) is 0 Å². The Kier molecular flexibility index (Phi) is 8.40. The third-order valence-electron chi connectivity index (χ3n) is 5.49. The number of aliphatic imine (C=N–C) groups is 1. The van der Waals surface area contributed by atoms with Gasteiger partial charge in [0.2, 0.25) is 5.91 Å². The number of hydrogen-bond acceptors (Lipinski definition) is 3. The lowest BCUT2D eigenvalue weighted by atomic mass is 10.2. The molecule has 1 amide bonds. The summed E-state index contributed by atoms with van der Waals surface area (Å²) in [7, 11) is 3.86. The highest BCUT2D eigenvalue weighted by Gasteiger charge is 2.30. The van der Waals surface area contributed by atoms with Gasteiger partial charge in [-0.2, -0.15) is 0 Å². The van der Waals surface area contributed by atoms with E-state index in [1.54, 1.807) is 0 Å². The molecule has 27 heavy (non-hydrogen) atoms. The first-order chi connectivity index (χ1) is 12.6. The first-order valence-corrected chi connectivity index (χ1v) is 9.68. The predicted molar refractivity (Wildman–Crippen MR) is 119 cm³/mol. The third kappa shape index (κ3) is 5.60. The van der Waals surface area contributed by atoms with Crippen LogP contribution in [0.4, 0.5) is 0 Å². The van der Waals surface area contributed by atoms with Gasteiger partial charge in [-0.3, -0.25) is 14.7 Å². The summed E-state index contributed by atoms with van der Waals surface area (Å²) in [5.41, 5.74) is 1.25. The van der Waals surface area contributed by atoms with Crippen molar-refractivity contribution in [2.24, 2.45) is 12.0 Å². The minimum atomic E-state index is -0.0189. The van der Waals surface area contributed by atoms with E-state index in [1.807, 2.05) is 19.0 Å². The number of carbonyl (C=O) groups is 1. The van der Waals surface area contributed by atoms with Crippen LogP contribution in [0.3, 0.4) is 0 Å². The van der Waals surface area contributed by atoms with Crippen molar-refractivity contribution in [2.45, 2.75) is 32.4 Å². The molecule has 7 nitrogen and oxygen atoms in total. The summed E-state index contributed by atoms with van der Waals surface area (Å²) in [6.45, 7) is 8.27. The monoisotopic (exact) mass is 488 g/mol. The second-order valence-electron chi connectivity index (χ2n) is 7.32. The van der Waals surface area contributed by atoms with Crippen LogP contribution in [0.2, 0.25) is 0 Å². The molecule has 152 valence electrons. The van der Waals surface area contributed by atoms with Crippen LogP contribution in [0.1, 0.15) is 25.3 Å². The Morgan fingerprint density at radius 3 is 2.37 bits per heavy atom. The first-order valence-electron chi connectivity index (χ1n) is 9.68. The molecule has 2 fully saturated rings. The number of carbonyl (C=O) groups excluding carboxylic acids is 1. The number of aryl methyl sites for hydroxylation is 1. The maximum Gasteiger partial charge on any atom is 0.239 e. The van der Waals surface area contributed by atoms with Gasteiger partial charge in [-0.25, -0.2) is 0 Å². The van der Waals surface area contributed by atoms with Crippen molar-refractivity contribution in [2.75, 3.05) is 46.3 Å². The van der Waals surface area contributed by atoms with Gasteiger partial charge in [0.25, 0.3) is 0 Å². The summed E-state index contributed by atoms with van der Waals surface area (Å²) >= 11 is 0. The van der Waals surface area contributed by atoms with E-state index in [-0.39, 0.29) is 30.0 Å². The van der Waals surface area contributed by atoms with Gasteiger partial charge in [0.15, 0.2) is 5.96 Å². The molecule has 0 spiro atoms. The Bertz CT molecular complexity index is 632. The van der Waals surface area contributed by atoms with Crippen molar-refractivity contribution in [3.8, 4) is 0 Å². The van der Waals surface area contributed by atoms with Crippen LogP contribution in [0.15, 0.2) is 23.5 Å². The zero-order chi connectivity index (χ0) is 18.5. The molecule has 0 aromatic carbocycles. The van der Waals surface area contributed by atoms with E-state index in [0.717, 1.165) is 64.6 Å². The predicted octanol–water partition coefficient (Wildman–Crippen LogP) is 1.35. The molecule has 2 aliphatic rings. The van der Waals surface area contributed by atoms with E-state index in [2.05, 4.69) is 50.1 Å². The quantitative estimate of drug-likeness (QED) is 0.395. The average Bonchev–Trinajstić information content (AvgIpc) is 3.33. The smallest absolute Gasteiger partial charge is 0.239 e. The van der Waals surface area contributed by atoms with E-state index in [4.69, 9.17) is 0 Å². The van der Waals surface area contributed by atoms with Gasteiger partial charge < -0.3 is 19.7 Å². The Morgan fingerprint density at radius 1 is 1.15 bits per heavy atom. The van der Waals surface area contributed by atoms with Crippen LogP contribution in [0, 0.1) is 0 Å². The van der Waals surface area contributed by atoms with Crippen LogP contribution in [0.5, 0.6) is 0 Å². The van der Waals surface area contributed by atoms with Crippen LogP contribution >= 0.6 is 24.0 Å². The summed E-state index contributed by atoms with van der Waals surface area (Å²) in [6.07, 6.45) is 6.46. The van der Waals surface area contributed by atoms with E-state index in [1.165, 1.54) is 5.56 Å².